The van der Waals surface area contributed by atoms with Crippen molar-refractivity contribution in [3.63, 3.8) is 0 Å². The van der Waals surface area contributed by atoms with Crippen LogP contribution in [0.5, 0.6) is 0 Å². The van der Waals surface area contributed by atoms with Gasteiger partial charge in [0.25, 0.3) is 0 Å². The minimum absolute atomic E-state index is 0.699. The molecule has 0 radical (unpaired) electrons. The Morgan fingerprint density at radius 1 is 0.476 bits per heavy atom. The third-order valence-corrected chi connectivity index (χ3v) is 5.85. The quantitative estimate of drug-likeness (QED) is 0.180. The first-order chi connectivity index (χ1) is 10.3. The minimum atomic E-state index is -0.699. The number of hydrogen-bond donors (Lipinski definition) is 0. The van der Waals surface area contributed by atoms with Gasteiger partial charge in [-0.3, -0.25) is 0 Å². The Bertz CT molecular complexity index is 186. The van der Waals surface area contributed by atoms with Gasteiger partial charge in [-0.15, -0.1) is 0 Å². The van der Waals surface area contributed by atoms with Crippen LogP contribution in [0.1, 0.15) is 110 Å². The summed E-state index contributed by atoms with van der Waals surface area (Å²) in [6, 6.07) is 0. The lowest BCUT2D eigenvalue weighted by atomic mass is 10.0. The maximum absolute atomic E-state index is 5.77. The highest BCUT2D eigenvalue weighted by Crippen LogP contribution is 2.47. The van der Waals surface area contributed by atoms with Crippen molar-refractivity contribution >= 4 is 29.1 Å². The van der Waals surface area contributed by atoms with Crippen LogP contribution in [0.2, 0.25) is 0 Å². The molecule has 0 N–H and O–H groups in total. The fraction of sp³-hybridized carbons (Fsp3) is 1.00. The average Bonchev–Trinajstić information content (AvgIpc) is 2.46. The van der Waals surface area contributed by atoms with Crippen LogP contribution in [0.15, 0.2) is 0 Å². The molecule has 0 spiro atoms. The summed E-state index contributed by atoms with van der Waals surface area (Å²) >= 11 is 11.5. The molecular weight excluding hydrogens is 318 g/mol. The Kier molecular flexibility index (Phi) is 20.0. The van der Waals surface area contributed by atoms with Crippen LogP contribution in [-0.4, -0.2) is 6.16 Å². The first kappa shape index (κ1) is 22.0. The Balaban J connectivity index is 2.93. The van der Waals surface area contributed by atoms with Crippen molar-refractivity contribution in [3.05, 3.63) is 0 Å². The van der Waals surface area contributed by atoms with Crippen molar-refractivity contribution in [3.8, 4) is 0 Å². The van der Waals surface area contributed by atoms with Crippen molar-refractivity contribution in [1.29, 1.82) is 0 Å². The van der Waals surface area contributed by atoms with Crippen LogP contribution in [-0.2, 0) is 0 Å². The highest BCUT2D eigenvalue weighted by molar-refractivity contribution is 8.03. The third kappa shape index (κ3) is 21.0. The molecule has 0 unspecified atom stereocenters. The topological polar surface area (TPSA) is 0 Å². The predicted molar refractivity (Wildman–Crippen MR) is 103 cm³/mol. The first-order valence-corrected chi connectivity index (χ1v) is 12.7. The zero-order valence-electron chi connectivity index (χ0n) is 14.2. The Hall–Kier alpha value is 1.01. The Morgan fingerprint density at radius 2 is 0.762 bits per heavy atom. The SMILES string of the molecule is CCCCCCCCCCCCCCCCCCP(Cl)Cl. The van der Waals surface area contributed by atoms with E-state index in [1.54, 1.807) is 0 Å². The summed E-state index contributed by atoms with van der Waals surface area (Å²) in [4.78, 5) is 0. The number of rotatable bonds is 17. The summed E-state index contributed by atoms with van der Waals surface area (Å²) in [7, 11) is 0. The molecule has 128 valence electrons. The molecule has 3 heteroatoms. The van der Waals surface area contributed by atoms with Crippen LogP contribution in [0.3, 0.4) is 0 Å². The monoisotopic (exact) mass is 354 g/mol. The molecule has 21 heavy (non-hydrogen) atoms. The molecule has 0 bridgehead atoms. The van der Waals surface area contributed by atoms with Crippen LogP contribution in [0.4, 0.5) is 0 Å². The van der Waals surface area contributed by atoms with Crippen LogP contribution in [0.25, 0.3) is 0 Å². The maximum atomic E-state index is 5.77. The van der Waals surface area contributed by atoms with Crippen molar-refractivity contribution < 1.29 is 0 Å². The summed E-state index contributed by atoms with van der Waals surface area (Å²) in [5, 5.41) is 0. The van der Waals surface area contributed by atoms with E-state index >= 15 is 0 Å². The molecule has 0 aliphatic heterocycles. The second-order valence-electron chi connectivity index (χ2n) is 6.33. The highest BCUT2D eigenvalue weighted by Gasteiger charge is 1.98. The van der Waals surface area contributed by atoms with Gasteiger partial charge in [-0.2, -0.15) is 0 Å². The second kappa shape index (κ2) is 19.1. The molecule has 0 aromatic carbocycles. The molecule has 0 nitrogen and oxygen atoms in total. The van der Waals surface area contributed by atoms with E-state index < -0.39 is 6.63 Å². The summed E-state index contributed by atoms with van der Waals surface area (Å²) in [6.45, 7) is 1.59. The largest absolute Gasteiger partial charge is 0.0854 e. The van der Waals surface area contributed by atoms with Gasteiger partial charge in [0.2, 0.25) is 0 Å². The molecule has 0 aliphatic carbocycles. The molecule has 0 saturated carbocycles. The van der Waals surface area contributed by atoms with Crippen molar-refractivity contribution in [2.24, 2.45) is 0 Å². The van der Waals surface area contributed by atoms with E-state index in [0.29, 0.717) is 0 Å². The lowest BCUT2D eigenvalue weighted by Crippen LogP contribution is -1.84. The van der Waals surface area contributed by atoms with E-state index in [2.05, 4.69) is 6.92 Å². The highest BCUT2D eigenvalue weighted by atomic mass is 35.9. The van der Waals surface area contributed by atoms with Gasteiger partial charge >= 0.3 is 0 Å². The number of halogens is 2. The van der Waals surface area contributed by atoms with Gasteiger partial charge in [0, 0.05) is 0 Å². The summed E-state index contributed by atoms with van der Waals surface area (Å²) in [6.07, 6.45) is 23.7. The molecule has 0 amide bonds. The standard InChI is InChI=1S/C18H37Cl2P/c1-2-3-4-5-6-7-8-9-10-11-12-13-14-15-16-17-18-21(19)20/h2-18H2,1H3. The average molecular weight is 355 g/mol. The van der Waals surface area contributed by atoms with E-state index in [-0.39, 0.29) is 0 Å². The Labute approximate surface area is 145 Å². The normalized spacial score (nSPS) is 11.4. The van der Waals surface area contributed by atoms with E-state index in [1.807, 2.05) is 0 Å². The molecule has 0 aliphatic rings. The summed E-state index contributed by atoms with van der Waals surface area (Å²) in [5.74, 6) is 0. The minimum Gasteiger partial charge on any atom is -0.0781 e. The predicted octanol–water partition coefficient (Wildman–Crippen LogP) is 9.04. The fourth-order valence-electron chi connectivity index (χ4n) is 2.78. The first-order valence-electron chi connectivity index (χ1n) is 9.36. The molecule has 0 saturated heterocycles. The fourth-order valence-corrected chi connectivity index (χ4v) is 3.96. The van der Waals surface area contributed by atoms with Gasteiger partial charge in [0.15, 0.2) is 0 Å². The van der Waals surface area contributed by atoms with Gasteiger partial charge < -0.3 is 0 Å². The lowest BCUT2D eigenvalue weighted by molar-refractivity contribution is 0.531. The van der Waals surface area contributed by atoms with Crippen LogP contribution in [0, 0.1) is 0 Å². The zero-order chi connectivity index (χ0) is 15.6. The zero-order valence-corrected chi connectivity index (χ0v) is 16.6. The molecule has 0 aromatic rings. The van der Waals surface area contributed by atoms with Gasteiger partial charge in [-0.25, -0.2) is 0 Å². The van der Waals surface area contributed by atoms with Gasteiger partial charge in [0.1, 0.15) is 0 Å². The third-order valence-electron chi connectivity index (χ3n) is 4.18. The van der Waals surface area contributed by atoms with Crippen molar-refractivity contribution in [2.45, 2.75) is 110 Å². The van der Waals surface area contributed by atoms with Crippen molar-refractivity contribution in [2.75, 3.05) is 6.16 Å². The molecule has 0 heterocycles. The number of unbranched alkanes of at least 4 members (excludes halogenated alkanes) is 15. The molecular formula is C18H37Cl2P. The smallest absolute Gasteiger partial charge is 0.0781 e. The van der Waals surface area contributed by atoms with Gasteiger partial charge in [0.05, 0.1) is 6.63 Å². The maximum Gasteiger partial charge on any atom is 0.0854 e. The van der Waals surface area contributed by atoms with Gasteiger partial charge in [-0.1, -0.05) is 126 Å². The molecule has 0 fully saturated rings. The lowest BCUT2D eigenvalue weighted by Gasteiger charge is -2.03. The van der Waals surface area contributed by atoms with E-state index in [4.69, 9.17) is 22.5 Å². The summed E-state index contributed by atoms with van der Waals surface area (Å²) < 4.78 is 0. The van der Waals surface area contributed by atoms with E-state index in [0.717, 1.165) is 6.16 Å². The second-order valence-corrected chi connectivity index (χ2v) is 10.4. The van der Waals surface area contributed by atoms with E-state index in [1.165, 1.54) is 103 Å². The van der Waals surface area contributed by atoms with Crippen LogP contribution < -0.4 is 0 Å². The molecule has 0 rings (SSSR count). The number of hydrogen-bond acceptors (Lipinski definition) is 0. The van der Waals surface area contributed by atoms with Gasteiger partial charge in [-0.05, 0) is 12.6 Å². The van der Waals surface area contributed by atoms with E-state index in [9.17, 15) is 0 Å². The molecule has 0 aromatic heterocycles. The Morgan fingerprint density at radius 3 is 1.05 bits per heavy atom. The molecule has 0 atom stereocenters. The van der Waals surface area contributed by atoms with Crippen molar-refractivity contribution in [1.82, 2.24) is 0 Å². The summed E-state index contributed by atoms with van der Waals surface area (Å²) in [5.41, 5.74) is 0. The van der Waals surface area contributed by atoms with Crippen LogP contribution >= 0.6 is 29.1 Å².